The summed E-state index contributed by atoms with van der Waals surface area (Å²) in [5.41, 5.74) is 6.44. The van der Waals surface area contributed by atoms with Gasteiger partial charge in [-0.15, -0.1) is 0 Å². The van der Waals surface area contributed by atoms with Gasteiger partial charge in [0.1, 0.15) is 5.54 Å². The van der Waals surface area contributed by atoms with Gasteiger partial charge in [-0.05, 0) is 74.6 Å². The highest BCUT2D eigenvalue weighted by Crippen LogP contribution is 2.25. The number of nitrogens with one attached hydrogen (secondary N) is 3. The van der Waals surface area contributed by atoms with Gasteiger partial charge in [0.2, 0.25) is 0 Å². The van der Waals surface area contributed by atoms with Crippen LogP contribution in [0.5, 0.6) is 0 Å². The van der Waals surface area contributed by atoms with E-state index in [2.05, 4.69) is 34.3 Å². The molecule has 3 N–H and O–H groups in total. The van der Waals surface area contributed by atoms with Crippen LogP contribution in [0.15, 0.2) is 48.5 Å². The van der Waals surface area contributed by atoms with Crippen LogP contribution in [0.25, 0.3) is 0 Å². The highest BCUT2D eigenvalue weighted by molar-refractivity contribution is 6.07. The van der Waals surface area contributed by atoms with Gasteiger partial charge in [-0.1, -0.05) is 48.5 Å². The zero-order valence-electron chi connectivity index (χ0n) is 19.3. The van der Waals surface area contributed by atoms with Gasteiger partial charge in [-0.25, -0.2) is 4.79 Å². The molecular formula is C26H32N4O3. The van der Waals surface area contributed by atoms with E-state index in [1.165, 1.54) is 24.0 Å². The van der Waals surface area contributed by atoms with E-state index in [0.29, 0.717) is 12.8 Å². The molecule has 33 heavy (non-hydrogen) atoms. The molecule has 1 fully saturated rings. The summed E-state index contributed by atoms with van der Waals surface area (Å²) in [5.74, 6) is -0.880. The summed E-state index contributed by atoms with van der Waals surface area (Å²) in [6, 6.07) is 15.7. The summed E-state index contributed by atoms with van der Waals surface area (Å²) >= 11 is 0. The molecule has 2 atom stereocenters. The molecule has 1 aliphatic heterocycles. The Labute approximate surface area is 194 Å². The van der Waals surface area contributed by atoms with E-state index in [9.17, 15) is 14.4 Å². The smallest absolute Gasteiger partial charge is 0.322 e. The van der Waals surface area contributed by atoms with Crippen molar-refractivity contribution in [3.63, 3.8) is 0 Å². The minimum atomic E-state index is -1.05. The molecule has 0 spiro atoms. The van der Waals surface area contributed by atoms with Crippen LogP contribution in [0.3, 0.4) is 0 Å². The van der Waals surface area contributed by atoms with E-state index >= 15 is 0 Å². The Kier molecular flexibility index (Phi) is 6.79. The molecule has 1 aliphatic carbocycles. The fraction of sp³-hybridized carbons (Fsp3) is 0.423. The van der Waals surface area contributed by atoms with Gasteiger partial charge in [0.25, 0.3) is 11.8 Å². The zero-order valence-corrected chi connectivity index (χ0v) is 19.3. The van der Waals surface area contributed by atoms with Gasteiger partial charge < -0.3 is 10.6 Å². The lowest BCUT2D eigenvalue weighted by molar-refractivity contribution is -0.138. The molecule has 0 saturated carbocycles. The second kappa shape index (κ2) is 9.75. The molecule has 2 aromatic carbocycles. The molecule has 0 aromatic heterocycles. The zero-order chi connectivity index (χ0) is 23.4. The van der Waals surface area contributed by atoms with Crippen molar-refractivity contribution in [2.24, 2.45) is 0 Å². The minimum Gasteiger partial charge on any atom is -0.322 e. The number of benzene rings is 2. The molecule has 0 bridgehead atoms. The average molecular weight is 449 g/mol. The normalized spacial score (nSPS) is 20.8. The van der Waals surface area contributed by atoms with E-state index in [4.69, 9.17) is 0 Å². The maximum atomic E-state index is 12.9. The lowest BCUT2D eigenvalue weighted by atomic mass is 9.89. The van der Waals surface area contributed by atoms with Crippen LogP contribution in [0.4, 0.5) is 4.79 Å². The van der Waals surface area contributed by atoms with Gasteiger partial charge in [0.05, 0.1) is 6.54 Å². The predicted octanol–water partition coefficient (Wildman–Crippen LogP) is 3.19. The molecule has 2 aromatic rings. The first kappa shape index (κ1) is 23.0. The highest BCUT2D eigenvalue weighted by atomic mass is 16.2. The largest absolute Gasteiger partial charge is 0.344 e. The number of hydrazine groups is 1. The number of fused-ring (bicyclic) bond motifs is 1. The molecular weight excluding hydrogens is 416 g/mol. The lowest BCUT2D eigenvalue weighted by Crippen LogP contribution is -2.51. The Hall–Kier alpha value is -3.19. The van der Waals surface area contributed by atoms with Crippen LogP contribution >= 0.6 is 0 Å². The molecule has 4 rings (SSSR count). The van der Waals surface area contributed by atoms with E-state index in [-0.39, 0.29) is 12.6 Å². The van der Waals surface area contributed by atoms with Crippen LogP contribution in [0, 0.1) is 0 Å². The summed E-state index contributed by atoms with van der Waals surface area (Å²) < 4.78 is 0. The number of hydrogen-bond acceptors (Lipinski definition) is 4. The van der Waals surface area contributed by atoms with Gasteiger partial charge in [-0.3, -0.25) is 15.0 Å². The van der Waals surface area contributed by atoms with Crippen LogP contribution in [0.1, 0.15) is 61.4 Å². The summed E-state index contributed by atoms with van der Waals surface area (Å²) in [6.07, 6.45) is 5.79. The van der Waals surface area contributed by atoms with Crippen LogP contribution in [0.2, 0.25) is 0 Å². The molecule has 7 nitrogen and oxygen atoms in total. The van der Waals surface area contributed by atoms with Gasteiger partial charge in [-0.2, -0.15) is 5.01 Å². The maximum absolute atomic E-state index is 12.9. The highest BCUT2D eigenvalue weighted by Gasteiger charge is 2.48. The van der Waals surface area contributed by atoms with Crippen LogP contribution in [-0.2, 0) is 28.9 Å². The van der Waals surface area contributed by atoms with Crippen molar-refractivity contribution < 1.29 is 14.4 Å². The van der Waals surface area contributed by atoms with Crippen molar-refractivity contribution >= 4 is 17.8 Å². The number of aryl methyl sites for hydroxylation is 3. The molecule has 1 saturated heterocycles. The van der Waals surface area contributed by atoms with Crippen molar-refractivity contribution in [2.75, 3.05) is 6.54 Å². The summed E-state index contributed by atoms with van der Waals surface area (Å²) in [4.78, 5) is 37.8. The van der Waals surface area contributed by atoms with Crippen molar-refractivity contribution in [1.82, 2.24) is 21.1 Å². The standard InChI is InChI=1S/C26H32N4O3/c1-18(21-13-12-20-10-6-7-11-22(20)16-21)27-17-23(31)29-30-24(32)26(2,28-25(30)33)15-14-19-8-4-3-5-9-19/h3-5,8-9,12-13,16,18,27H,6-7,10-11,14-15,17H2,1-2H3,(H,28,33)(H,29,31)/t18-,26-/m0/s1. The third kappa shape index (κ3) is 5.25. The summed E-state index contributed by atoms with van der Waals surface area (Å²) in [6.45, 7) is 3.70. The Balaban J connectivity index is 1.29. The summed E-state index contributed by atoms with van der Waals surface area (Å²) in [7, 11) is 0. The maximum Gasteiger partial charge on any atom is 0.344 e. The van der Waals surface area contributed by atoms with Crippen molar-refractivity contribution in [2.45, 2.75) is 64.0 Å². The number of rotatable bonds is 8. The van der Waals surface area contributed by atoms with E-state index in [1.807, 2.05) is 37.3 Å². The van der Waals surface area contributed by atoms with Gasteiger partial charge in [0.15, 0.2) is 0 Å². The molecule has 2 aliphatic rings. The van der Waals surface area contributed by atoms with Crippen molar-refractivity contribution in [3.05, 3.63) is 70.8 Å². The molecule has 7 heteroatoms. The first-order valence-corrected chi connectivity index (χ1v) is 11.7. The molecule has 0 unspecified atom stereocenters. The topological polar surface area (TPSA) is 90.5 Å². The quantitative estimate of drug-likeness (QED) is 0.541. The van der Waals surface area contributed by atoms with Crippen molar-refractivity contribution in [1.29, 1.82) is 0 Å². The number of urea groups is 1. The Morgan fingerprint density at radius 1 is 1.09 bits per heavy atom. The summed E-state index contributed by atoms with van der Waals surface area (Å²) in [5, 5.41) is 6.73. The Morgan fingerprint density at radius 3 is 2.58 bits per heavy atom. The number of nitrogens with zero attached hydrogens (tertiary/aromatic N) is 1. The van der Waals surface area contributed by atoms with Crippen LogP contribution < -0.4 is 16.1 Å². The second-order valence-electron chi connectivity index (χ2n) is 9.26. The van der Waals surface area contributed by atoms with Gasteiger partial charge in [0, 0.05) is 6.04 Å². The Morgan fingerprint density at radius 2 is 1.82 bits per heavy atom. The molecule has 1 heterocycles. The second-order valence-corrected chi connectivity index (χ2v) is 9.26. The first-order valence-electron chi connectivity index (χ1n) is 11.7. The Bertz CT molecular complexity index is 1040. The van der Waals surface area contributed by atoms with E-state index in [0.717, 1.165) is 29.0 Å². The number of carbonyl (C=O) groups excluding carboxylic acids is 3. The fourth-order valence-electron chi connectivity index (χ4n) is 4.54. The van der Waals surface area contributed by atoms with Crippen LogP contribution in [-0.4, -0.2) is 34.9 Å². The number of amides is 4. The monoisotopic (exact) mass is 448 g/mol. The van der Waals surface area contributed by atoms with E-state index < -0.39 is 23.4 Å². The predicted molar refractivity (Wildman–Crippen MR) is 126 cm³/mol. The SMILES string of the molecule is C[C@H](NCC(=O)NN1C(=O)N[C@@](C)(CCc2ccccc2)C1=O)c1ccc2c(c1)CCCC2. The number of hydrogen-bond donors (Lipinski definition) is 3. The fourth-order valence-corrected chi connectivity index (χ4v) is 4.54. The lowest BCUT2D eigenvalue weighted by Gasteiger charge is -2.22. The third-order valence-electron chi connectivity index (χ3n) is 6.70. The first-order chi connectivity index (χ1) is 15.9. The average Bonchev–Trinajstić information content (AvgIpc) is 3.04. The third-order valence-corrected chi connectivity index (χ3v) is 6.70. The number of imide groups is 1. The van der Waals surface area contributed by atoms with Crippen molar-refractivity contribution in [3.8, 4) is 0 Å². The number of carbonyl (C=O) groups is 3. The minimum absolute atomic E-state index is 0.00393. The molecule has 0 radical (unpaired) electrons. The van der Waals surface area contributed by atoms with Gasteiger partial charge >= 0.3 is 6.03 Å². The molecule has 4 amide bonds. The van der Waals surface area contributed by atoms with E-state index in [1.54, 1.807) is 6.92 Å². The molecule has 174 valence electrons.